The summed E-state index contributed by atoms with van der Waals surface area (Å²) in [6.07, 6.45) is 0. The standard InChI is InChI=1S/C49H32N2/c1-3-13-33(14-4-1)38-29-30-45-46(32-38)51(40-17-5-2-6-18-40)49(50-45)36-26-24-35(25-27-36)47-41-19-9-11-21-43(41)48(44-22-12-10-20-42(44)47)39-28-23-34-15-7-8-16-37(34)31-39/h1-32H. The summed E-state index contributed by atoms with van der Waals surface area (Å²) in [6, 6.07) is 69.9. The Morgan fingerprint density at radius 1 is 0.333 bits per heavy atom. The van der Waals surface area contributed by atoms with Gasteiger partial charge in [0.15, 0.2) is 0 Å². The van der Waals surface area contributed by atoms with Crippen LogP contribution in [0.25, 0.3) is 93.8 Å². The third kappa shape index (κ3) is 4.92. The Morgan fingerprint density at radius 3 is 1.51 bits per heavy atom. The molecule has 0 atom stereocenters. The van der Waals surface area contributed by atoms with Crippen LogP contribution in [0, 0.1) is 0 Å². The molecule has 0 N–H and O–H groups in total. The van der Waals surface area contributed by atoms with Gasteiger partial charge in [0.25, 0.3) is 0 Å². The van der Waals surface area contributed by atoms with Crippen molar-refractivity contribution in [3.8, 4) is 50.5 Å². The first kappa shape index (κ1) is 29.2. The Balaban J connectivity index is 1.15. The molecule has 0 aliphatic carbocycles. The summed E-state index contributed by atoms with van der Waals surface area (Å²) in [7, 11) is 0. The van der Waals surface area contributed by atoms with E-state index >= 15 is 0 Å². The van der Waals surface area contributed by atoms with Gasteiger partial charge in [0.05, 0.1) is 11.0 Å². The second-order valence-corrected chi connectivity index (χ2v) is 13.2. The molecule has 0 fully saturated rings. The lowest BCUT2D eigenvalue weighted by atomic mass is 9.85. The summed E-state index contributed by atoms with van der Waals surface area (Å²) in [5.74, 6) is 0.925. The first-order valence-electron chi connectivity index (χ1n) is 17.5. The largest absolute Gasteiger partial charge is 0.292 e. The van der Waals surface area contributed by atoms with Crippen molar-refractivity contribution >= 4 is 43.4 Å². The summed E-state index contributed by atoms with van der Waals surface area (Å²) < 4.78 is 2.29. The second-order valence-electron chi connectivity index (χ2n) is 13.2. The molecule has 0 aliphatic heterocycles. The quantitative estimate of drug-likeness (QED) is 0.170. The molecule has 10 rings (SSSR count). The molecular formula is C49H32N2. The second kappa shape index (κ2) is 12.0. The van der Waals surface area contributed by atoms with Gasteiger partial charge in [-0.15, -0.1) is 0 Å². The van der Waals surface area contributed by atoms with Crippen LogP contribution in [0.4, 0.5) is 0 Å². The van der Waals surface area contributed by atoms with Gasteiger partial charge >= 0.3 is 0 Å². The number of imidazole rings is 1. The van der Waals surface area contributed by atoms with E-state index in [1.165, 1.54) is 65.7 Å². The highest BCUT2D eigenvalue weighted by Crippen LogP contribution is 2.44. The fraction of sp³-hybridized carbons (Fsp3) is 0. The van der Waals surface area contributed by atoms with Gasteiger partial charge in [-0.05, 0) is 96.0 Å². The molecular weight excluding hydrogens is 617 g/mol. The van der Waals surface area contributed by atoms with Gasteiger partial charge in [0.1, 0.15) is 5.82 Å². The van der Waals surface area contributed by atoms with Crippen LogP contribution in [0.2, 0.25) is 0 Å². The van der Waals surface area contributed by atoms with Gasteiger partial charge in [0.2, 0.25) is 0 Å². The van der Waals surface area contributed by atoms with E-state index in [1.807, 2.05) is 0 Å². The van der Waals surface area contributed by atoms with Gasteiger partial charge in [-0.25, -0.2) is 4.98 Å². The van der Waals surface area contributed by atoms with Crippen molar-refractivity contribution in [2.45, 2.75) is 0 Å². The highest BCUT2D eigenvalue weighted by Gasteiger charge is 2.19. The van der Waals surface area contributed by atoms with E-state index in [9.17, 15) is 0 Å². The molecule has 0 unspecified atom stereocenters. The van der Waals surface area contributed by atoms with E-state index in [1.54, 1.807) is 0 Å². The Morgan fingerprint density at radius 2 is 0.843 bits per heavy atom. The van der Waals surface area contributed by atoms with Crippen LogP contribution < -0.4 is 0 Å². The van der Waals surface area contributed by atoms with Crippen LogP contribution in [0.15, 0.2) is 194 Å². The molecule has 0 radical (unpaired) electrons. The average Bonchev–Trinajstić information content (AvgIpc) is 3.59. The lowest BCUT2D eigenvalue weighted by molar-refractivity contribution is 1.10. The van der Waals surface area contributed by atoms with Gasteiger partial charge in [0, 0.05) is 11.3 Å². The zero-order valence-electron chi connectivity index (χ0n) is 27.9. The minimum atomic E-state index is 0.925. The summed E-state index contributed by atoms with van der Waals surface area (Å²) in [6.45, 7) is 0. The predicted octanol–water partition coefficient (Wildman–Crippen LogP) is 13.2. The number of fused-ring (bicyclic) bond motifs is 4. The molecule has 0 bridgehead atoms. The Labute approximate surface area is 296 Å². The molecule has 0 saturated carbocycles. The first-order chi connectivity index (χ1) is 25.3. The van der Waals surface area contributed by atoms with Crippen LogP contribution in [0.5, 0.6) is 0 Å². The molecule has 51 heavy (non-hydrogen) atoms. The van der Waals surface area contributed by atoms with E-state index in [0.29, 0.717) is 0 Å². The number of benzene rings is 9. The van der Waals surface area contributed by atoms with E-state index in [-0.39, 0.29) is 0 Å². The molecule has 10 aromatic rings. The Bertz CT molecular complexity index is 2830. The smallest absolute Gasteiger partial charge is 0.145 e. The Hall–Kier alpha value is -6.77. The first-order valence-corrected chi connectivity index (χ1v) is 17.5. The van der Waals surface area contributed by atoms with Crippen molar-refractivity contribution in [3.05, 3.63) is 194 Å². The van der Waals surface area contributed by atoms with Gasteiger partial charge in [-0.3, -0.25) is 4.57 Å². The summed E-state index contributed by atoms with van der Waals surface area (Å²) in [5, 5.41) is 7.51. The molecule has 9 aromatic carbocycles. The summed E-state index contributed by atoms with van der Waals surface area (Å²) in [5.41, 5.74) is 11.5. The fourth-order valence-corrected chi connectivity index (χ4v) is 7.80. The van der Waals surface area contributed by atoms with E-state index in [4.69, 9.17) is 4.98 Å². The van der Waals surface area contributed by atoms with Crippen molar-refractivity contribution in [1.29, 1.82) is 0 Å². The lowest BCUT2D eigenvalue weighted by Gasteiger charge is -2.18. The van der Waals surface area contributed by atoms with Crippen LogP contribution in [0.1, 0.15) is 0 Å². The molecule has 0 saturated heterocycles. The Kier molecular flexibility index (Phi) is 6.85. The van der Waals surface area contributed by atoms with E-state index in [2.05, 4.69) is 199 Å². The minimum absolute atomic E-state index is 0.925. The normalized spacial score (nSPS) is 11.5. The SMILES string of the molecule is c1ccc(-c2ccc3nc(-c4ccc(-c5c6ccccc6c(-c6ccc7ccccc7c6)c6ccccc56)cc4)n(-c4ccccc4)c3c2)cc1. The molecule has 2 heteroatoms. The highest BCUT2D eigenvalue weighted by molar-refractivity contribution is 6.21. The molecule has 1 heterocycles. The minimum Gasteiger partial charge on any atom is -0.292 e. The average molecular weight is 649 g/mol. The molecule has 238 valence electrons. The van der Waals surface area contributed by atoms with Gasteiger partial charge in [-0.2, -0.15) is 0 Å². The van der Waals surface area contributed by atoms with Crippen LogP contribution in [-0.2, 0) is 0 Å². The van der Waals surface area contributed by atoms with Crippen LogP contribution in [-0.4, -0.2) is 9.55 Å². The van der Waals surface area contributed by atoms with Crippen molar-refractivity contribution in [2.75, 3.05) is 0 Å². The number of hydrogen-bond donors (Lipinski definition) is 0. The monoisotopic (exact) mass is 648 g/mol. The van der Waals surface area contributed by atoms with Crippen molar-refractivity contribution in [3.63, 3.8) is 0 Å². The highest BCUT2D eigenvalue weighted by atomic mass is 15.1. The zero-order valence-corrected chi connectivity index (χ0v) is 27.9. The third-order valence-electron chi connectivity index (χ3n) is 10.2. The van der Waals surface area contributed by atoms with Crippen LogP contribution in [0.3, 0.4) is 0 Å². The van der Waals surface area contributed by atoms with E-state index in [0.717, 1.165) is 28.1 Å². The van der Waals surface area contributed by atoms with Crippen molar-refractivity contribution in [2.24, 2.45) is 0 Å². The maximum absolute atomic E-state index is 5.23. The lowest BCUT2D eigenvalue weighted by Crippen LogP contribution is -1.97. The molecule has 0 spiro atoms. The number of para-hydroxylation sites is 1. The van der Waals surface area contributed by atoms with Crippen LogP contribution >= 0.6 is 0 Å². The maximum atomic E-state index is 5.23. The summed E-state index contributed by atoms with van der Waals surface area (Å²) >= 11 is 0. The van der Waals surface area contributed by atoms with E-state index < -0.39 is 0 Å². The number of aromatic nitrogens is 2. The number of nitrogens with zero attached hydrogens (tertiary/aromatic N) is 2. The maximum Gasteiger partial charge on any atom is 0.145 e. The number of rotatable bonds is 5. The molecule has 0 aliphatic rings. The molecule has 2 nitrogen and oxygen atoms in total. The molecule has 1 aromatic heterocycles. The van der Waals surface area contributed by atoms with Gasteiger partial charge in [-0.1, -0.05) is 164 Å². The zero-order chi connectivity index (χ0) is 33.7. The predicted molar refractivity (Wildman–Crippen MR) is 215 cm³/mol. The topological polar surface area (TPSA) is 17.8 Å². The molecule has 0 amide bonds. The van der Waals surface area contributed by atoms with Crippen molar-refractivity contribution in [1.82, 2.24) is 9.55 Å². The third-order valence-corrected chi connectivity index (χ3v) is 10.2. The van der Waals surface area contributed by atoms with Crippen molar-refractivity contribution < 1.29 is 0 Å². The van der Waals surface area contributed by atoms with Gasteiger partial charge < -0.3 is 0 Å². The summed E-state index contributed by atoms with van der Waals surface area (Å²) in [4.78, 5) is 5.23. The number of hydrogen-bond acceptors (Lipinski definition) is 1. The fourth-order valence-electron chi connectivity index (χ4n) is 7.80.